The zero-order valence-electron chi connectivity index (χ0n) is 5.89. The maximum absolute atomic E-state index is 11.1. The fourth-order valence-electron chi connectivity index (χ4n) is 0.702. The van der Waals surface area contributed by atoms with Crippen molar-refractivity contribution in [2.75, 3.05) is 0 Å². The molecule has 1 heterocycles. The van der Waals surface area contributed by atoms with Crippen LogP contribution in [-0.2, 0) is 0 Å². The molecule has 0 radical (unpaired) electrons. The van der Waals surface area contributed by atoms with Gasteiger partial charge in [0.1, 0.15) is 0 Å². The smallest absolute Gasteiger partial charge is 0.259 e. The van der Waals surface area contributed by atoms with E-state index < -0.39 is 0 Å². The van der Waals surface area contributed by atoms with E-state index >= 15 is 0 Å². The van der Waals surface area contributed by atoms with E-state index in [1.54, 1.807) is 13.0 Å². The molecule has 2 nitrogen and oxygen atoms in total. The van der Waals surface area contributed by atoms with Crippen LogP contribution in [0.3, 0.4) is 0 Å². The number of aryl methyl sites for hydroxylation is 1. The van der Waals surface area contributed by atoms with Crippen LogP contribution in [-0.4, -0.2) is 0 Å². The first-order chi connectivity index (χ1) is 4.63. The molecule has 0 aliphatic rings. The van der Waals surface area contributed by atoms with E-state index in [1.165, 1.54) is 0 Å². The van der Waals surface area contributed by atoms with Gasteiger partial charge in [0.05, 0.1) is 0 Å². The van der Waals surface area contributed by atoms with Gasteiger partial charge in [-0.2, -0.15) is 4.73 Å². The standard InChI is InChI=1S/C7H8BrNO/c1-5-3-4-7(8)9(10)6(5)2/h3-4H,1-2H3. The predicted octanol–water partition coefficient (Wildman–Crippen LogP) is 1.70. The van der Waals surface area contributed by atoms with Crippen molar-refractivity contribution in [1.29, 1.82) is 0 Å². The van der Waals surface area contributed by atoms with Gasteiger partial charge in [-0.1, -0.05) is 0 Å². The van der Waals surface area contributed by atoms with Crippen LogP contribution in [0.25, 0.3) is 0 Å². The Bertz CT molecular complexity index is 233. The van der Waals surface area contributed by atoms with Gasteiger partial charge in [0.15, 0.2) is 5.69 Å². The molecule has 0 aromatic carbocycles. The van der Waals surface area contributed by atoms with Gasteiger partial charge in [0.2, 0.25) is 0 Å². The number of halogens is 1. The summed E-state index contributed by atoms with van der Waals surface area (Å²) in [5.41, 5.74) is 1.76. The van der Waals surface area contributed by atoms with Crippen molar-refractivity contribution in [3.05, 3.63) is 33.2 Å². The lowest BCUT2D eigenvalue weighted by molar-refractivity contribution is -0.624. The molecule has 3 heteroatoms. The Balaban J connectivity index is 3.34. The topological polar surface area (TPSA) is 26.9 Å². The molecule has 0 unspecified atom stereocenters. The van der Waals surface area contributed by atoms with Crippen molar-refractivity contribution in [3.63, 3.8) is 0 Å². The quantitative estimate of drug-likeness (QED) is 0.357. The molecule has 1 aromatic rings. The molecule has 0 fully saturated rings. The number of nitrogens with zero attached hydrogens (tertiary/aromatic N) is 1. The summed E-state index contributed by atoms with van der Waals surface area (Å²) in [5.74, 6) is 0. The van der Waals surface area contributed by atoms with Gasteiger partial charge in [-0.05, 0) is 13.0 Å². The first-order valence-corrected chi connectivity index (χ1v) is 3.77. The largest absolute Gasteiger partial charge is 0.618 e. The summed E-state index contributed by atoms with van der Waals surface area (Å²) in [4.78, 5) is 0. The number of hydrogen-bond acceptors (Lipinski definition) is 1. The van der Waals surface area contributed by atoms with Crippen LogP contribution in [0.2, 0.25) is 0 Å². The monoisotopic (exact) mass is 201 g/mol. The zero-order chi connectivity index (χ0) is 7.72. The minimum absolute atomic E-state index is 0.565. The molecule has 0 atom stereocenters. The van der Waals surface area contributed by atoms with Crippen LogP contribution in [0.15, 0.2) is 16.7 Å². The summed E-state index contributed by atoms with van der Waals surface area (Å²) in [6.45, 7) is 3.71. The summed E-state index contributed by atoms with van der Waals surface area (Å²) >= 11 is 3.13. The molecule has 1 aromatic heterocycles. The van der Waals surface area contributed by atoms with Gasteiger partial charge in [-0.3, -0.25) is 0 Å². The fourth-order valence-corrected chi connectivity index (χ4v) is 1.10. The number of pyridine rings is 1. The van der Waals surface area contributed by atoms with Gasteiger partial charge in [0, 0.05) is 34.5 Å². The lowest BCUT2D eigenvalue weighted by Crippen LogP contribution is -2.32. The molecule has 0 aliphatic carbocycles. The number of hydrogen-bond donors (Lipinski definition) is 0. The third kappa shape index (κ3) is 1.14. The van der Waals surface area contributed by atoms with Gasteiger partial charge in [-0.25, -0.2) is 0 Å². The van der Waals surface area contributed by atoms with E-state index in [-0.39, 0.29) is 0 Å². The van der Waals surface area contributed by atoms with Crippen molar-refractivity contribution in [3.8, 4) is 0 Å². The Hall–Kier alpha value is -0.570. The van der Waals surface area contributed by atoms with Crippen LogP contribution < -0.4 is 4.73 Å². The van der Waals surface area contributed by atoms with Crippen molar-refractivity contribution < 1.29 is 4.73 Å². The normalized spacial score (nSPS) is 9.90. The third-order valence-electron chi connectivity index (χ3n) is 1.54. The van der Waals surface area contributed by atoms with E-state index in [1.807, 2.05) is 13.0 Å². The summed E-state index contributed by atoms with van der Waals surface area (Å²) < 4.78 is 1.44. The van der Waals surface area contributed by atoms with Gasteiger partial charge < -0.3 is 5.21 Å². The first kappa shape index (κ1) is 7.54. The second-order valence-electron chi connectivity index (χ2n) is 2.22. The van der Waals surface area contributed by atoms with E-state index in [4.69, 9.17) is 0 Å². The zero-order valence-corrected chi connectivity index (χ0v) is 7.47. The molecular formula is C7H8BrNO. The lowest BCUT2D eigenvalue weighted by Gasteiger charge is -2.03. The maximum Gasteiger partial charge on any atom is 0.259 e. The van der Waals surface area contributed by atoms with Crippen molar-refractivity contribution in [2.24, 2.45) is 0 Å². The van der Waals surface area contributed by atoms with Crippen LogP contribution in [0.4, 0.5) is 0 Å². The highest BCUT2D eigenvalue weighted by atomic mass is 79.9. The minimum Gasteiger partial charge on any atom is -0.618 e. The summed E-state index contributed by atoms with van der Waals surface area (Å²) in [6, 6.07) is 3.66. The van der Waals surface area contributed by atoms with E-state index in [9.17, 15) is 5.21 Å². The molecule has 0 spiro atoms. The second kappa shape index (κ2) is 2.58. The maximum atomic E-state index is 11.1. The SMILES string of the molecule is Cc1ccc(Br)[n+]([O-])c1C. The lowest BCUT2D eigenvalue weighted by atomic mass is 10.2. The van der Waals surface area contributed by atoms with E-state index in [2.05, 4.69) is 15.9 Å². The Labute approximate surface area is 68.2 Å². The molecular weight excluding hydrogens is 194 g/mol. The van der Waals surface area contributed by atoms with Crippen molar-refractivity contribution >= 4 is 15.9 Å². The highest BCUT2D eigenvalue weighted by Crippen LogP contribution is 2.07. The summed E-state index contributed by atoms with van der Waals surface area (Å²) in [6.07, 6.45) is 0. The predicted molar refractivity (Wildman–Crippen MR) is 42.6 cm³/mol. The van der Waals surface area contributed by atoms with Crippen LogP contribution in [0.5, 0.6) is 0 Å². The van der Waals surface area contributed by atoms with Gasteiger partial charge in [-0.15, -0.1) is 0 Å². The number of aromatic nitrogens is 1. The Morgan fingerprint density at radius 3 is 2.50 bits per heavy atom. The third-order valence-corrected chi connectivity index (χ3v) is 2.13. The highest BCUT2D eigenvalue weighted by Gasteiger charge is 2.05. The Morgan fingerprint density at radius 1 is 1.40 bits per heavy atom. The van der Waals surface area contributed by atoms with Crippen LogP contribution >= 0.6 is 15.9 Å². The average Bonchev–Trinajstić information content (AvgIpc) is 1.93. The molecule has 0 aliphatic heterocycles. The molecule has 1 rings (SSSR count). The molecule has 0 N–H and O–H groups in total. The molecule has 0 bridgehead atoms. The van der Waals surface area contributed by atoms with Gasteiger partial charge >= 0.3 is 0 Å². The molecule has 54 valence electrons. The second-order valence-corrected chi connectivity index (χ2v) is 3.03. The Kier molecular flexibility index (Phi) is 1.94. The van der Waals surface area contributed by atoms with Crippen LogP contribution in [0, 0.1) is 19.1 Å². The number of rotatable bonds is 0. The minimum atomic E-state index is 0.565. The van der Waals surface area contributed by atoms with Crippen molar-refractivity contribution in [2.45, 2.75) is 13.8 Å². The fraction of sp³-hybridized carbons (Fsp3) is 0.286. The highest BCUT2D eigenvalue weighted by molar-refractivity contribution is 9.10. The Morgan fingerprint density at radius 2 is 2.00 bits per heavy atom. The molecule has 0 saturated carbocycles. The van der Waals surface area contributed by atoms with Crippen LogP contribution in [0.1, 0.15) is 11.3 Å². The summed E-state index contributed by atoms with van der Waals surface area (Å²) in [5, 5.41) is 11.1. The van der Waals surface area contributed by atoms with Crippen molar-refractivity contribution in [1.82, 2.24) is 0 Å². The average molecular weight is 202 g/mol. The first-order valence-electron chi connectivity index (χ1n) is 2.98. The summed E-state index contributed by atoms with van der Waals surface area (Å²) in [7, 11) is 0. The molecule has 0 amide bonds. The van der Waals surface area contributed by atoms with E-state index in [0.29, 0.717) is 4.60 Å². The molecule has 10 heavy (non-hydrogen) atoms. The van der Waals surface area contributed by atoms with E-state index in [0.717, 1.165) is 16.0 Å². The van der Waals surface area contributed by atoms with Gasteiger partial charge in [0.25, 0.3) is 4.60 Å². The molecule has 0 saturated heterocycles.